The molecule has 3 N–H and O–H groups in total. The van der Waals surface area contributed by atoms with E-state index in [0.717, 1.165) is 111 Å². The largest absolute Gasteiger partial charge is 0.381 e. The van der Waals surface area contributed by atoms with Crippen molar-refractivity contribution in [3.8, 4) is 11.3 Å². The monoisotopic (exact) mass is 840 g/mol. The van der Waals surface area contributed by atoms with Gasteiger partial charge >= 0.3 is 5.69 Å². The molecular formula is C48H56N8O4S. The number of aryl methyl sites for hydroxylation is 2. The Morgan fingerprint density at radius 3 is 2.41 bits per heavy atom. The number of thiophene rings is 1. The Labute approximate surface area is 360 Å². The molecular weight excluding hydrogens is 785 g/mol. The zero-order valence-electron chi connectivity index (χ0n) is 35.3. The molecule has 0 bridgehead atoms. The smallest absolute Gasteiger partial charge is 0.329 e. The number of carbonyl (C=O) groups excluding carboxylic acids is 3. The van der Waals surface area contributed by atoms with Crippen molar-refractivity contribution in [1.29, 1.82) is 0 Å². The summed E-state index contributed by atoms with van der Waals surface area (Å²) in [6, 6.07) is 22.6. The topological polar surface area (TPSA) is 134 Å². The van der Waals surface area contributed by atoms with E-state index >= 15 is 0 Å². The average Bonchev–Trinajstić information content (AvgIpc) is 3.73. The number of para-hydroxylation sites is 1. The molecule has 2 saturated heterocycles. The first-order valence-electron chi connectivity index (χ1n) is 22.2. The van der Waals surface area contributed by atoms with E-state index in [1.165, 1.54) is 55.5 Å². The highest BCUT2D eigenvalue weighted by Crippen LogP contribution is 2.41. The molecule has 3 aliphatic heterocycles. The lowest BCUT2D eigenvalue weighted by molar-refractivity contribution is -0.135. The van der Waals surface area contributed by atoms with E-state index in [1.807, 2.05) is 19.1 Å². The van der Waals surface area contributed by atoms with Gasteiger partial charge in [0.1, 0.15) is 10.9 Å². The minimum atomic E-state index is -0.655. The Balaban J connectivity index is 0.696. The highest BCUT2D eigenvalue weighted by molar-refractivity contribution is 7.21. The van der Waals surface area contributed by atoms with Crippen molar-refractivity contribution in [3.63, 3.8) is 0 Å². The molecule has 0 aliphatic carbocycles. The van der Waals surface area contributed by atoms with E-state index in [4.69, 9.17) is 4.98 Å². The summed E-state index contributed by atoms with van der Waals surface area (Å²) < 4.78 is 4.33. The van der Waals surface area contributed by atoms with Gasteiger partial charge in [0, 0.05) is 79.0 Å². The third-order valence-electron chi connectivity index (χ3n) is 12.9. The van der Waals surface area contributed by atoms with Gasteiger partial charge in [0.05, 0.1) is 27.9 Å². The van der Waals surface area contributed by atoms with Gasteiger partial charge in [0.15, 0.2) is 0 Å². The number of hydrogen-bond acceptors (Lipinski definition) is 9. The molecule has 318 valence electrons. The molecule has 9 rings (SSSR count). The number of benzene rings is 3. The molecule has 3 aromatic carbocycles. The summed E-state index contributed by atoms with van der Waals surface area (Å²) >= 11 is 1.54. The lowest BCUT2D eigenvalue weighted by Crippen LogP contribution is -2.46. The number of carbonyl (C=O) groups is 3. The molecule has 0 saturated carbocycles. The van der Waals surface area contributed by atoms with Crippen LogP contribution in [0, 0.1) is 0 Å². The summed E-state index contributed by atoms with van der Waals surface area (Å²) in [5.41, 5.74) is 7.76. The van der Waals surface area contributed by atoms with Gasteiger partial charge in [-0.15, -0.1) is 11.3 Å². The van der Waals surface area contributed by atoms with Crippen molar-refractivity contribution in [2.75, 3.05) is 49.5 Å². The highest BCUT2D eigenvalue weighted by Gasteiger charge is 2.32. The van der Waals surface area contributed by atoms with Crippen molar-refractivity contribution >= 4 is 72.5 Å². The van der Waals surface area contributed by atoms with E-state index < -0.39 is 11.9 Å². The summed E-state index contributed by atoms with van der Waals surface area (Å²) in [6.45, 7) is 8.07. The maximum absolute atomic E-state index is 13.2. The average molecular weight is 841 g/mol. The summed E-state index contributed by atoms with van der Waals surface area (Å²) in [4.78, 5) is 61.4. The Bertz CT molecular complexity index is 2670. The highest BCUT2D eigenvalue weighted by atomic mass is 32.1. The fraction of sp³-hybridized carbons (Fsp3) is 0.438. The van der Waals surface area contributed by atoms with Crippen LogP contribution in [0.25, 0.3) is 43.3 Å². The third kappa shape index (κ3) is 8.42. The van der Waals surface area contributed by atoms with Crippen molar-refractivity contribution in [2.24, 2.45) is 7.05 Å². The number of nitrogens with one attached hydrogen (secondary N) is 3. The number of nitrogens with zero attached hydrogens (tertiary/aromatic N) is 5. The summed E-state index contributed by atoms with van der Waals surface area (Å²) in [5.74, 6) is -0.686. The maximum atomic E-state index is 13.2. The number of aromatic nitrogens is 3. The zero-order valence-corrected chi connectivity index (χ0v) is 36.1. The van der Waals surface area contributed by atoms with Crippen LogP contribution >= 0.6 is 11.3 Å². The molecule has 61 heavy (non-hydrogen) atoms. The first-order chi connectivity index (χ1) is 29.7. The van der Waals surface area contributed by atoms with E-state index in [9.17, 15) is 19.2 Å². The second kappa shape index (κ2) is 17.8. The standard InChI is InChI=1S/C48H56N8O4S/c1-31-30-49-43-42-35-18-19-36(51-37(35)20-22-40(42)61-45(43)47(59)50-31)33-15-11-16-34(29-33)55-27-25-54(26-28-55)24-10-8-6-4-3-5-7-9-13-32-14-12-17-38-44(32)53(2)48(60)56(38)39-21-23-41(57)52-46(39)58/h11-12,14-20,22,29,31,39,49H,3-10,13,21,23-28,30H2,1-2H3,(H,50,59)(H,52,57,58)/t31-,39?/m1/s1. The van der Waals surface area contributed by atoms with Gasteiger partial charge in [0.2, 0.25) is 11.8 Å². The Morgan fingerprint density at radius 1 is 0.836 bits per heavy atom. The molecule has 2 atom stereocenters. The SMILES string of the molecule is C[C@@H]1CNc2c(sc3ccc4nc(-c5cccc(N6CCN(CCCCCCCCCCc7cccc8c7n(C)c(=O)n8C7CCC(=O)NC7=O)CC6)c5)ccc4c23)C(=O)N1. The normalized spacial score (nSPS) is 18.7. The number of amides is 3. The number of piperidine rings is 1. The number of piperazine rings is 1. The van der Waals surface area contributed by atoms with Crippen LogP contribution in [0.3, 0.4) is 0 Å². The molecule has 13 heteroatoms. The van der Waals surface area contributed by atoms with E-state index in [0.29, 0.717) is 13.0 Å². The predicted molar refractivity (Wildman–Crippen MR) is 246 cm³/mol. The van der Waals surface area contributed by atoms with Crippen LogP contribution in [0.15, 0.2) is 71.5 Å². The van der Waals surface area contributed by atoms with E-state index in [-0.39, 0.29) is 30.0 Å². The minimum Gasteiger partial charge on any atom is -0.381 e. The molecule has 3 amide bonds. The number of imide groups is 1. The fourth-order valence-electron chi connectivity index (χ4n) is 9.64. The number of fused-ring (bicyclic) bond motifs is 6. The van der Waals surface area contributed by atoms with Gasteiger partial charge in [-0.05, 0) is 87.2 Å². The molecule has 0 spiro atoms. The van der Waals surface area contributed by atoms with Gasteiger partial charge in [-0.2, -0.15) is 0 Å². The molecule has 12 nitrogen and oxygen atoms in total. The second-order valence-electron chi connectivity index (χ2n) is 17.2. The Morgan fingerprint density at radius 2 is 1.61 bits per heavy atom. The van der Waals surface area contributed by atoms with Gasteiger partial charge in [0.25, 0.3) is 5.91 Å². The van der Waals surface area contributed by atoms with Crippen molar-refractivity contribution in [3.05, 3.63) is 87.7 Å². The van der Waals surface area contributed by atoms with Crippen LogP contribution < -0.4 is 26.5 Å². The first kappa shape index (κ1) is 40.9. The fourth-order valence-corrected chi connectivity index (χ4v) is 10.7. The van der Waals surface area contributed by atoms with Crippen molar-refractivity contribution in [2.45, 2.75) is 89.6 Å². The van der Waals surface area contributed by atoms with Gasteiger partial charge in [-0.3, -0.25) is 33.7 Å². The van der Waals surface area contributed by atoms with Crippen LogP contribution in [0.2, 0.25) is 0 Å². The number of hydrogen-bond donors (Lipinski definition) is 3. The number of rotatable bonds is 14. The quantitative estimate of drug-likeness (QED) is 0.0749. The van der Waals surface area contributed by atoms with Gasteiger partial charge in [-0.25, -0.2) is 9.78 Å². The number of pyridine rings is 1. The summed E-state index contributed by atoms with van der Waals surface area (Å²) in [6.07, 6.45) is 11.2. The predicted octanol–water partition coefficient (Wildman–Crippen LogP) is 7.78. The molecule has 6 aromatic rings. The zero-order chi connectivity index (χ0) is 42.0. The maximum Gasteiger partial charge on any atom is 0.329 e. The molecule has 3 aliphatic rings. The lowest BCUT2D eigenvalue weighted by atomic mass is 10.0. The van der Waals surface area contributed by atoms with Crippen LogP contribution in [-0.2, 0) is 23.1 Å². The molecule has 1 unspecified atom stereocenters. The van der Waals surface area contributed by atoms with Crippen LogP contribution in [0.4, 0.5) is 11.4 Å². The minimum absolute atomic E-state index is 0.0108. The van der Waals surface area contributed by atoms with Crippen LogP contribution in [0.5, 0.6) is 0 Å². The third-order valence-corrected chi connectivity index (χ3v) is 14.1. The van der Waals surface area contributed by atoms with Crippen LogP contribution in [0.1, 0.15) is 92.4 Å². The molecule has 0 radical (unpaired) electrons. The van der Waals surface area contributed by atoms with Gasteiger partial charge in [-0.1, -0.05) is 62.8 Å². The van der Waals surface area contributed by atoms with Crippen molar-refractivity contribution < 1.29 is 14.4 Å². The first-order valence-corrected chi connectivity index (χ1v) is 23.1. The number of unbranched alkanes of at least 4 members (excludes halogenated alkanes) is 7. The van der Waals surface area contributed by atoms with Gasteiger partial charge < -0.3 is 15.5 Å². The molecule has 3 aromatic heterocycles. The Hall–Kier alpha value is -5.53. The van der Waals surface area contributed by atoms with E-state index in [2.05, 4.69) is 80.3 Å². The Kier molecular flexibility index (Phi) is 11.9. The van der Waals surface area contributed by atoms with Crippen LogP contribution in [-0.4, -0.2) is 82.1 Å². The lowest BCUT2D eigenvalue weighted by Gasteiger charge is -2.36. The summed E-state index contributed by atoms with van der Waals surface area (Å²) in [7, 11) is 1.78. The van der Waals surface area contributed by atoms with Crippen molar-refractivity contribution in [1.82, 2.24) is 29.7 Å². The summed E-state index contributed by atoms with van der Waals surface area (Å²) in [5, 5.41) is 11.2. The number of anilines is 2. The molecule has 6 heterocycles. The number of imidazole rings is 1. The second-order valence-corrected chi connectivity index (χ2v) is 18.2. The van der Waals surface area contributed by atoms with E-state index in [1.54, 1.807) is 16.2 Å². The molecule has 2 fully saturated rings.